The second kappa shape index (κ2) is 7.41. The zero-order valence-electron chi connectivity index (χ0n) is 18.9. The van der Waals surface area contributed by atoms with E-state index in [0.29, 0.717) is 18.3 Å². The van der Waals surface area contributed by atoms with Gasteiger partial charge in [0.15, 0.2) is 0 Å². The van der Waals surface area contributed by atoms with Crippen molar-refractivity contribution in [3.63, 3.8) is 0 Å². The van der Waals surface area contributed by atoms with Crippen LogP contribution in [0.3, 0.4) is 0 Å². The lowest BCUT2D eigenvalue weighted by Gasteiger charge is -2.37. The van der Waals surface area contributed by atoms with Crippen molar-refractivity contribution in [3.05, 3.63) is 77.4 Å². The van der Waals surface area contributed by atoms with Crippen LogP contribution in [0, 0.1) is 49.4 Å². The van der Waals surface area contributed by atoms with E-state index in [1.54, 1.807) is 0 Å². The molecule has 1 N–H and O–H groups in total. The number of imide groups is 1. The lowest BCUT2D eigenvalue weighted by atomic mass is 9.63. The molecule has 0 radical (unpaired) electrons. The summed E-state index contributed by atoms with van der Waals surface area (Å²) in [5.74, 6) is 0.128. The standard InChI is InChI=1S/C28H28N2O3/c1-15-7-6-10-22(16(15)2)29-26(31)23(13-17-8-4-3-5-9-17)30-27(32)24-18-11-12-19(21-14-20(18)21)25(24)28(30)33/h3-12,18-21,23-25H,13-14H2,1-2H3,(H,29,31)/t18-,19-,20-,21+,23-,24+,25+/m0/s1. The van der Waals surface area contributed by atoms with Gasteiger partial charge in [-0.05, 0) is 66.7 Å². The third-order valence-electron chi connectivity index (χ3n) is 8.45. The topological polar surface area (TPSA) is 66.5 Å². The van der Waals surface area contributed by atoms with Crippen molar-refractivity contribution in [2.24, 2.45) is 35.5 Å². The molecule has 5 nitrogen and oxygen atoms in total. The molecule has 0 unspecified atom stereocenters. The molecule has 2 bridgehead atoms. The maximum atomic E-state index is 13.7. The Hall–Kier alpha value is -3.21. The van der Waals surface area contributed by atoms with Gasteiger partial charge in [-0.15, -0.1) is 0 Å². The number of carbonyl (C=O) groups excluding carboxylic acids is 3. The predicted octanol–water partition coefficient (Wildman–Crippen LogP) is 3.91. The van der Waals surface area contributed by atoms with Crippen LogP contribution in [-0.4, -0.2) is 28.7 Å². The number of hydrogen-bond acceptors (Lipinski definition) is 3. The zero-order chi connectivity index (χ0) is 22.9. The fourth-order valence-corrected chi connectivity index (χ4v) is 6.53. The molecule has 7 rings (SSSR count). The lowest BCUT2D eigenvalue weighted by Crippen LogP contribution is -2.49. The largest absolute Gasteiger partial charge is 0.324 e. The number of amides is 3. The molecule has 2 aromatic rings. The van der Waals surface area contributed by atoms with Gasteiger partial charge in [0.25, 0.3) is 0 Å². The summed E-state index contributed by atoms with van der Waals surface area (Å²) in [5, 5.41) is 3.03. The summed E-state index contributed by atoms with van der Waals surface area (Å²) in [4.78, 5) is 42.4. The minimum Gasteiger partial charge on any atom is -0.324 e. The van der Waals surface area contributed by atoms with E-state index in [1.807, 2.05) is 62.4 Å². The number of likely N-dealkylation sites (tertiary alicyclic amines) is 1. The first-order valence-electron chi connectivity index (χ1n) is 11.9. The predicted molar refractivity (Wildman–Crippen MR) is 125 cm³/mol. The molecule has 2 aromatic carbocycles. The Kier molecular flexibility index (Phi) is 4.58. The fraction of sp³-hybridized carbons (Fsp3) is 0.393. The molecule has 3 amide bonds. The summed E-state index contributed by atoms with van der Waals surface area (Å²) in [6, 6.07) is 14.5. The Morgan fingerprint density at radius 2 is 1.58 bits per heavy atom. The van der Waals surface area contributed by atoms with Gasteiger partial charge in [-0.25, -0.2) is 0 Å². The highest BCUT2D eigenvalue weighted by Gasteiger charge is 2.67. The highest BCUT2D eigenvalue weighted by molar-refractivity contribution is 6.11. The van der Waals surface area contributed by atoms with Gasteiger partial charge < -0.3 is 5.32 Å². The molecule has 2 saturated carbocycles. The van der Waals surface area contributed by atoms with E-state index in [2.05, 4.69) is 17.5 Å². The average Bonchev–Trinajstić information content (AvgIpc) is 3.60. The van der Waals surface area contributed by atoms with Crippen LogP contribution in [0.15, 0.2) is 60.7 Å². The highest BCUT2D eigenvalue weighted by atomic mass is 16.2. The van der Waals surface area contributed by atoms with Gasteiger partial charge in [-0.1, -0.05) is 54.6 Å². The van der Waals surface area contributed by atoms with Crippen LogP contribution >= 0.6 is 0 Å². The minimum atomic E-state index is -0.867. The van der Waals surface area contributed by atoms with Crippen molar-refractivity contribution in [2.75, 3.05) is 5.32 Å². The van der Waals surface area contributed by atoms with Gasteiger partial charge in [0.2, 0.25) is 17.7 Å². The van der Waals surface area contributed by atoms with Crippen LogP contribution in [0.25, 0.3) is 0 Å². The molecular weight excluding hydrogens is 412 g/mol. The lowest BCUT2D eigenvalue weighted by molar-refractivity contribution is -0.146. The highest BCUT2D eigenvalue weighted by Crippen LogP contribution is 2.65. The summed E-state index contributed by atoms with van der Waals surface area (Å²) in [6.07, 6.45) is 5.76. The molecule has 7 atom stereocenters. The van der Waals surface area contributed by atoms with Crippen LogP contribution in [0.4, 0.5) is 5.69 Å². The Morgan fingerprint density at radius 1 is 0.939 bits per heavy atom. The Balaban J connectivity index is 1.34. The second-order valence-electron chi connectivity index (χ2n) is 10.1. The monoisotopic (exact) mass is 440 g/mol. The molecule has 5 aliphatic rings. The molecule has 0 spiro atoms. The summed E-state index contributed by atoms with van der Waals surface area (Å²) < 4.78 is 0. The molecule has 33 heavy (non-hydrogen) atoms. The molecule has 0 aromatic heterocycles. The van der Waals surface area contributed by atoms with Crippen molar-refractivity contribution in [3.8, 4) is 0 Å². The molecule has 4 aliphatic carbocycles. The van der Waals surface area contributed by atoms with Gasteiger partial charge in [-0.3, -0.25) is 19.3 Å². The maximum Gasteiger partial charge on any atom is 0.248 e. The van der Waals surface area contributed by atoms with E-state index in [-0.39, 0.29) is 41.4 Å². The molecule has 3 fully saturated rings. The number of hydrogen-bond donors (Lipinski definition) is 1. The van der Waals surface area contributed by atoms with Crippen molar-refractivity contribution in [1.82, 2.24) is 4.90 Å². The minimum absolute atomic E-state index is 0.144. The van der Waals surface area contributed by atoms with Crippen LogP contribution in [-0.2, 0) is 20.8 Å². The first-order valence-corrected chi connectivity index (χ1v) is 11.9. The number of anilines is 1. The van der Waals surface area contributed by atoms with Crippen LogP contribution < -0.4 is 5.32 Å². The first kappa shape index (κ1) is 20.4. The molecular formula is C28H28N2O3. The van der Waals surface area contributed by atoms with Crippen molar-refractivity contribution in [1.29, 1.82) is 0 Å². The van der Waals surface area contributed by atoms with Crippen molar-refractivity contribution >= 4 is 23.4 Å². The summed E-state index contributed by atoms with van der Waals surface area (Å²) in [5.41, 5.74) is 3.71. The van der Waals surface area contributed by atoms with Crippen LogP contribution in [0.2, 0.25) is 0 Å². The van der Waals surface area contributed by atoms with Gasteiger partial charge in [-0.2, -0.15) is 0 Å². The Morgan fingerprint density at radius 3 is 2.21 bits per heavy atom. The smallest absolute Gasteiger partial charge is 0.248 e. The third-order valence-corrected chi connectivity index (χ3v) is 8.45. The summed E-state index contributed by atoms with van der Waals surface area (Å²) in [6.45, 7) is 3.96. The van der Waals surface area contributed by atoms with Gasteiger partial charge >= 0.3 is 0 Å². The van der Waals surface area contributed by atoms with Crippen LogP contribution in [0.5, 0.6) is 0 Å². The first-order chi connectivity index (χ1) is 16.0. The third kappa shape index (κ3) is 3.09. The summed E-state index contributed by atoms with van der Waals surface area (Å²) >= 11 is 0. The number of rotatable bonds is 5. The Bertz CT molecular complexity index is 1150. The second-order valence-corrected chi connectivity index (χ2v) is 10.1. The normalized spacial score (nSPS) is 31.9. The van der Waals surface area contributed by atoms with Gasteiger partial charge in [0.1, 0.15) is 6.04 Å². The number of nitrogens with one attached hydrogen (secondary N) is 1. The van der Waals surface area contributed by atoms with E-state index in [4.69, 9.17) is 0 Å². The van der Waals surface area contributed by atoms with Crippen LogP contribution in [0.1, 0.15) is 23.1 Å². The summed E-state index contributed by atoms with van der Waals surface area (Å²) in [7, 11) is 0. The van der Waals surface area contributed by atoms with E-state index >= 15 is 0 Å². The molecule has 5 heteroatoms. The maximum absolute atomic E-state index is 13.7. The number of allylic oxidation sites excluding steroid dienone is 2. The molecule has 1 saturated heterocycles. The van der Waals surface area contributed by atoms with E-state index in [1.165, 1.54) is 4.90 Å². The number of carbonyl (C=O) groups is 3. The van der Waals surface area contributed by atoms with Gasteiger partial charge in [0.05, 0.1) is 11.8 Å². The van der Waals surface area contributed by atoms with Crippen molar-refractivity contribution in [2.45, 2.75) is 32.7 Å². The molecule has 1 aliphatic heterocycles. The number of benzene rings is 2. The quantitative estimate of drug-likeness (QED) is 0.566. The zero-order valence-corrected chi connectivity index (χ0v) is 18.9. The van der Waals surface area contributed by atoms with Gasteiger partial charge in [0, 0.05) is 12.1 Å². The SMILES string of the molecule is Cc1cccc(NC(=O)[C@H](Cc2ccccc2)N2C(=O)[C@@H]3[C@H]4C=C[C@@H]([C@@H]5C[C@H]45)[C@H]3C2=O)c1C. The van der Waals surface area contributed by atoms with Crippen molar-refractivity contribution < 1.29 is 14.4 Å². The number of aryl methyl sites for hydroxylation is 1. The Labute approximate surface area is 193 Å². The average molecular weight is 441 g/mol. The van der Waals surface area contributed by atoms with E-state index < -0.39 is 6.04 Å². The molecule has 1 heterocycles. The van der Waals surface area contributed by atoms with E-state index in [9.17, 15) is 14.4 Å². The van der Waals surface area contributed by atoms with E-state index in [0.717, 1.165) is 28.8 Å². The molecule has 168 valence electrons. The number of nitrogens with zero attached hydrogens (tertiary/aromatic N) is 1. The fourth-order valence-electron chi connectivity index (χ4n) is 6.53.